The molecule has 73 heavy (non-hydrogen) atoms. The van der Waals surface area contributed by atoms with Crippen molar-refractivity contribution in [1.82, 2.24) is 24.1 Å². The Hall–Kier alpha value is -9.65. The van der Waals surface area contributed by atoms with Gasteiger partial charge in [0, 0.05) is 56.4 Å². The van der Waals surface area contributed by atoms with Crippen LogP contribution in [0.4, 0.5) is 17.1 Å². The molecule has 0 fully saturated rings. The van der Waals surface area contributed by atoms with Crippen LogP contribution in [0.2, 0.25) is 0 Å². The van der Waals surface area contributed by atoms with Crippen molar-refractivity contribution < 1.29 is 0 Å². The molecule has 0 amide bonds. The van der Waals surface area contributed by atoms with Crippen LogP contribution in [-0.2, 0) is 5.41 Å². The summed E-state index contributed by atoms with van der Waals surface area (Å²) < 4.78 is 4.71. The first-order chi connectivity index (χ1) is 36.1. The molecule has 12 aromatic rings. The maximum Gasteiger partial charge on any atom is 0.162 e. The maximum atomic E-state index is 4.45. The molecule has 346 valence electrons. The summed E-state index contributed by atoms with van der Waals surface area (Å²) in [6.45, 7) is 6.21. The van der Waals surface area contributed by atoms with Gasteiger partial charge in [-0.05, 0) is 143 Å². The van der Waals surface area contributed by atoms with E-state index < -0.39 is 5.41 Å². The summed E-state index contributed by atoms with van der Waals surface area (Å²) in [5.41, 5.74) is 19.0. The quantitative estimate of drug-likeness (QED) is 0.121. The molecule has 0 bridgehead atoms. The molecule has 0 N–H and O–H groups in total. The molecule has 1 aliphatic carbocycles. The number of allylic oxidation sites excluding steroid dienone is 5. The normalized spacial score (nSPS) is 14.2. The SMILES string of the molecule is C=C/C=C\C=C(/C)C1(c2ccccc2)c2ccccc2-c2ccc(N(c3ccc(-c4ccc5c(c4)c4ccc6c(ccn6-c6ccccc6)c4n5-c4ccccc4)cc3)c3ccc(-c4ncncn4)cc3)cc21. The van der Waals surface area contributed by atoms with Crippen molar-refractivity contribution in [3.05, 3.63) is 290 Å². The van der Waals surface area contributed by atoms with Crippen LogP contribution in [0, 0.1) is 0 Å². The summed E-state index contributed by atoms with van der Waals surface area (Å²) in [4.78, 5) is 15.3. The van der Waals surface area contributed by atoms with Crippen molar-refractivity contribution in [1.29, 1.82) is 0 Å². The van der Waals surface area contributed by atoms with Gasteiger partial charge in [0.25, 0.3) is 0 Å². The van der Waals surface area contributed by atoms with Crippen molar-refractivity contribution in [3.8, 4) is 45.0 Å². The topological polar surface area (TPSA) is 51.8 Å². The highest BCUT2D eigenvalue weighted by Gasteiger charge is 2.46. The second-order valence-electron chi connectivity index (χ2n) is 18.6. The molecule has 9 aromatic carbocycles. The van der Waals surface area contributed by atoms with E-state index in [1.54, 1.807) is 0 Å². The Balaban J connectivity index is 0.958. The number of fused-ring (bicyclic) bond motifs is 8. The number of rotatable bonds is 11. The average molecular weight is 937 g/mol. The van der Waals surface area contributed by atoms with Crippen LogP contribution in [-0.4, -0.2) is 24.1 Å². The Morgan fingerprint density at radius 2 is 1.12 bits per heavy atom. The molecular formula is C67H48N6. The number of hydrogen-bond acceptors (Lipinski definition) is 4. The van der Waals surface area contributed by atoms with Crippen LogP contribution in [0.15, 0.2) is 274 Å². The van der Waals surface area contributed by atoms with E-state index in [0.29, 0.717) is 5.82 Å². The van der Waals surface area contributed by atoms with Gasteiger partial charge in [-0.1, -0.05) is 158 Å². The Labute approximate surface area is 424 Å². The Morgan fingerprint density at radius 3 is 1.85 bits per heavy atom. The molecular weight excluding hydrogens is 889 g/mol. The first kappa shape index (κ1) is 43.4. The summed E-state index contributed by atoms with van der Waals surface area (Å²) in [6, 6.07) is 79.4. The standard InChI is InChI=1S/C67H48N6/c1-3-4-8-17-46(2)67(50-18-9-5-10-19-50)61-25-16-15-24-56(61)57-36-35-55(43-62(57)67)72(54-33-28-48(29-34-54)66-69-44-68-45-70-66)53-31-26-47(27-32-53)49-30-38-64-60(42-49)58-37-39-63-59(40-41-71(63)51-20-11-6-12-21-51)65(58)73(64)52-22-13-7-14-23-52/h3-45H,1H2,2H3/b8-4-,46-17+. The van der Waals surface area contributed by atoms with Crippen molar-refractivity contribution in [3.63, 3.8) is 0 Å². The summed E-state index contributed by atoms with van der Waals surface area (Å²) in [5.74, 6) is 0.632. The minimum Gasteiger partial charge on any atom is -0.316 e. The number of nitrogens with zero attached hydrogens (tertiary/aromatic N) is 6. The predicted molar refractivity (Wildman–Crippen MR) is 301 cm³/mol. The lowest BCUT2D eigenvalue weighted by molar-refractivity contribution is 0.746. The fourth-order valence-electron chi connectivity index (χ4n) is 11.4. The monoisotopic (exact) mass is 936 g/mol. The van der Waals surface area contributed by atoms with Gasteiger partial charge in [0.1, 0.15) is 12.7 Å². The first-order valence-electron chi connectivity index (χ1n) is 24.7. The molecule has 13 rings (SSSR count). The zero-order chi connectivity index (χ0) is 48.9. The van der Waals surface area contributed by atoms with Crippen LogP contribution in [0.1, 0.15) is 23.6 Å². The maximum absolute atomic E-state index is 4.45. The van der Waals surface area contributed by atoms with Crippen molar-refractivity contribution in [2.45, 2.75) is 12.3 Å². The summed E-state index contributed by atoms with van der Waals surface area (Å²) >= 11 is 0. The summed E-state index contributed by atoms with van der Waals surface area (Å²) in [5, 5.41) is 3.63. The van der Waals surface area contributed by atoms with E-state index in [1.807, 2.05) is 12.2 Å². The molecule has 1 unspecified atom stereocenters. The van der Waals surface area contributed by atoms with Crippen LogP contribution < -0.4 is 4.90 Å². The van der Waals surface area contributed by atoms with Gasteiger partial charge < -0.3 is 14.0 Å². The third kappa shape index (κ3) is 7.14. The second kappa shape index (κ2) is 17.9. The van der Waals surface area contributed by atoms with Gasteiger partial charge >= 0.3 is 0 Å². The molecule has 3 aromatic heterocycles. The van der Waals surface area contributed by atoms with Gasteiger partial charge in [-0.25, -0.2) is 15.0 Å². The number of benzene rings is 9. The third-order valence-electron chi connectivity index (χ3n) is 14.7. The summed E-state index contributed by atoms with van der Waals surface area (Å²) in [6.07, 6.45) is 13.4. The molecule has 0 saturated heterocycles. The van der Waals surface area contributed by atoms with E-state index >= 15 is 0 Å². The highest BCUT2D eigenvalue weighted by Crippen LogP contribution is 2.57. The Kier molecular flexibility index (Phi) is 10.7. The van der Waals surface area contributed by atoms with E-state index in [4.69, 9.17) is 0 Å². The number of aromatic nitrogens is 5. The van der Waals surface area contributed by atoms with Crippen molar-refractivity contribution in [2.24, 2.45) is 0 Å². The minimum absolute atomic E-state index is 0.549. The van der Waals surface area contributed by atoms with Gasteiger partial charge in [0.15, 0.2) is 5.82 Å². The zero-order valence-electron chi connectivity index (χ0n) is 40.2. The van der Waals surface area contributed by atoms with Crippen LogP contribution in [0.25, 0.3) is 77.7 Å². The molecule has 0 radical (unpaired) electrons. The number of hydrogen-bond donors (Lipinski definition) is 0. The van der Waals surface area contributed by atoms with E-state index in [2.05, 4.69) is 279 Å². The number of para-hydroxylation sites is 2. The van der Waals surface area contributed by atoms with Gasteiger partial charge in [-0.15, -0.1) is 0 Å². The lowest BCUT2D eigenvalue weighted by Crippen LogP contribution is -2.28. The lowest BCUT2D eigenvalue weighted by atomic mass is 9.67. The van der Waals surface area contributed by atoms with Crippen molar-refractivity contribution in [2.75, 3.05) is 4.90 Å². The molecule has 1 atom stereocenters. The molecule has 6 heteroatoms. The average Bonchev–Trinajstić information content (AvgIpc) is 4.14. The fraction of sp³-hybridized carbons (Fsp3) is 0.0299. The van der Waals surface area contributed by atoms with Crippen LogP contribution in [0.5, 0.6) is 0 Å². The van der Waals surface area contributed by atoms with Gasteiger partial charge in [-0.2, -0.15) is 0 Å². The smallest absolute Gasteiger partial charge is 0.162 e. The second-order valence-corrected chi connectivity index (χ2v) is 18.6. The largest absolute Gasteiger partial charge is 0.316 e. The first-order valence-corrected chi connectivity index (χ1v) is 24.7. The Morgan fingerprint density at radius 1 is 0.507 bits per heavy atom. The molecule has 1 aliphatic rings. The van der Waals surface area contributed by atoms with Gasteiger partial charge in [0.2, 0.25) is 0 Å². The van der Waals surface area contributed by atoms with Gasteiger partial charge in [0.05, 0.1) is 22.0 Å². The van der Waals surface area contributed by atoms with Crippen LogP contribution >= 0.6 is 0 Å². The molecule has 6 nitrogen and oxygen atoms in total. The van der Waals surface area contributed by atoms with Crippen molar-refractivity contribution >= 4 is 49.8 Å². The Bertz CT molecular complexity index is 4080. The molecule has 3 heterocycles. The minimum atomic E-state index is -0.549. The fourth-order valence-corrected chi connectivity index (χ4v) is 11.4. The lowest BCUT2D eigenvalue weighted by Gasteiger charge is -2.35. The van der Waals surface area contributed by atoms with E-state index in [-0.39, 0.29) is 0 Å². The van der Waals surface area contributed by atoms with Crippen LogP contribution in [0.3, 0.4) is 0 Å². The van der Waals surface area contributed by atoms with E-state index in [9.17, 15) is 0 Å². The summed E-state index contributed by atoms with van der Waals surface area (Å²) in [7, 11) is 0. The zero-order valence-corrected chi connectivity index (χ0v) is 40.2. The van der Waals surface area contributed by atoms with Gasteiger partial charge in [-0.3, -0.25) is 0 Å². The number of anilines is 3. The predicted octanol–water partition coefficient (Wildman–Crippen LogP) is 16.7. The highest BCUT2D eigenvalue weighted by atomic mass is 15.1. The highest BCUT2D eigenvalue weighted by molar-refractivity contribution is 6.19. The molecule has 0 aliphatic heterocycles. The van der Waals surface area contributed by atoms with E-state index in [1.165, 1.54) is 78.8 Å². The molecule has 0 saturated carbocycles. The third-order valence-corrected chi connectivity index (χ3v) is 14.7. The molecule has 0 spiro atoms. The van der Waals surface area contributed by atoms with E-state index in [0.717, 1.165) is 45.1 Å².